The molecule has 2 atom stereocenters. The zero-order valence-corrected chi connectivity index (χ0v) is 17.3. The Bertz CT molecular complexity index is 775. The maximum atomic E-state index is 12.6. The van der Waals surface area contributed by atoms with Gasteiger partial charge in [-0.25, -0.2) is 0 Å². The average molecular weight is 425 g/mol. The first-order valence-electron chi connectivity index (χ1n) is 9.77. The summed E-state index contributed by atoms with van der Waals surface area (Å²) in [6, 6.07) is 7.39. The predicted octanol–water partition coefficient (Wildman–Crippen LogP) is 3.91. The molecule has 152 valence electrons. The van der Waals surface area contributed by atoms with Crippen molar-refractivity contribution in [1.82, 2.24) is 20.4 Å². The van der Waals surface area contributed by atoms with E-state index in [4.69, 9.17) is 16.1 Å². The molecule has 0 radical (unpaired) electrons. The van der Waals surface area contributed by atoms with Crippen molar-refractivity contribution in [2.75, 3.05) is 26.2 Å². The Labute approximate surface area is 176 Å². The Morgan fingerprint density at radius 1 is 1.29 bits per heavy atom. The van der Waals surface area contributed by atoms with Crippen LogP contribution >= 0.6 is 24.0 Å². The lowest BCUT2D eigenvalue weighted by atomic mass is 9.96. The fraction of sp³-hybridized carbons (Fsp3) is 0.550. The van der Waals surface area contributed by atoms with Crippen LogP contribution in [0.2, 0.25) is 5.02 Å². The molecule has 2 aliphatic heterocycles. The Hall–Kier alpha value is -1.63. The maximum Gasteiger partial charge on any atom is 0.231 e. The van der Waals surface area contributed by atoms with Gasteiger partial charge in [-0.2, -0.15) is 4.98 Å². The molecule has 28 heavy (non-hydrogen) atoms. The molecule has 1 aromatic carbocycles. The molecule has 1 N–H and O–H groups in total. The van der Waals surface area contributed by atoms with Crippen LogP contribution in [-0.2, 0) is 4.79 Å². The number of carbonyl (C=O) groups excluding carboxylic acids is 1. The van der Waals surface area contributed by atoms with Gasteiger partial charge in [0.15, 0.2) is 0 Å². The first-order chi connectivity index (χ1) is 13.2. The van der Waals surface area contributed by atoms with Gasteiger partial charge in [0.2, 0.25) is 17.6 Å². The van der Waals surface area contributed by atoms with Crippen LogP contribution in [0.4, 0.5) is 0 Å². The summed E-state index contributed by atoms with van der Waals surface area (Å²) >= 11 is 5.93. The van der Waals surface area contributed by atoms with Crippen molar-refractivity contribution in [3.8, 4) is 11.4 Å². The summed E-state index contributed by atoms with van der Waals surface area (Å²) in [4.78, 5) is 19.2. The third-order valence-electron chi connectivity index (χ3n) is 5.60. The van der Waals surface area contributed by atoms with Gasteiger partial charge in [0.1, 0.15) is 0 Å². The van der Waals surface area contributed by atoms with Gasteiger partial charge >= 0.3 is 0 Å². The molecule has 2 unspecified atom stereocenters. The number of hydrogen-bond donors (Lipinski definition) is 1. The number of piperidine rings is 1. The Balaban J connectivity index is 0.00000225. The Morgan fingerprint density at radius 3 is 2.86 bits per heavy atom. The molecule has 3 heterocycles. The average Bonchev–Trinajstić information content (AvgIpc) is 3.39. The van der Waals surface area contributed by atoms with Crippen LogP contribution in [0.5, 0.6) is 0 Å². The lowest BCUT2D eigenvalue weighted by Crippen LogP contribution is -2.39. The molecule has 2 aromatic rings. The number of carbonyl (C=O) groups is 1. The number of aromatic nitrogens is 2. The zero-order valence-electron chi connectivity index (χ0n) is 15.8. The van der Waals surface area contributed by atoms with E-state index < -0.39 is 0 Å². The molecule has 2 aliphatic rings. The minimum Gasteiger partial charge on any atom is -0.342 e. The lowest BCUT2D eigenvalue weighted by Gasteiger charge is -2.31. The Morgan fingerprint density at radius 2 is 2.11 bits per heavy atom. The number of halogens is 2. The smallest absolute Gasteiger partial charge is 0.231 e. The van der Waals surface area contributed by atoms with Crippen LogP contribution in [0.15, 0.2) is 28.8 Å². The summed E-state index contributed by atoms with van der Waals surface area (Å²) < 4.78 is 5.52. The van der Waals surface area contributed by atoms with E-state index in [1.54, 1.807) is 0 Å². The van der Waals surface area contributed by atoms with Gasteiger partial charge in [0.25, 0.3) is 0 Å². The third kappa shape index (κ3) is 5.04. The molecule has 1 amide bonds. The lowest BCUT2D eigenvalue weighted by molar-refractivity contribution is -0.132. The topological polar surface area (TPSA) is 71.3 Å². The normalized spacial score (nSPS) is 22.1. The summed E-state index contributed by atoms with van der Waals surface area (Å²) in [5, 5.41) is 8.15. The molecule has 1 aromatic heterocycles. The van der Waals surface area contributed by atoms with E-state index in [1.165, 1.54) is 6.42 Å². The van der Waals surface area contributed by atoms with Gasteiger partial charge < -0.3 is 14.7 Å². The van der Waals surface area contributed by atoms with E-state index in [-0.39, 0.29) is 24.2 Å². The molecule has 4 rings (SSSR count). The minimum atomic E-state index is 0. The van der Waals surface area contributed by atoms with Gasteiger partial charge in [-0.15, -0.1) is 12.4 Å². The predicted molar refractivity (Wildman–Crippen MR) is 111 cm³/mol. The summed E-state index contributed by atoms with van der Waals surface area (Å²) in [6.45, 7) is 3.63. The van der Waals surface area contributed by atoms with Crippen LogP contribution in [0.25, 0.3) is 11.4 Å². The molecule has 2 fully saturated rings. The molecular weight excluding hydrogens is 399 g/mol. The summed E-state index contributed by atoms with van der Waals surface area (Å²) in [5.41, 5.74) is 0.878. The highest BCUT2D eigenvalue weighted by Crippen LogP contribution is 2.28. The van der Waals surface area contributed by atoms with Gasteiger partial charge in [-0.1, -0.05) is 16.8 Å². The summed E-state index contributed by atoms with van der Waals surface area (Å²) in [6.07, 6.45) is 4.75. The number of rotatable bonds is 5. The van der Waals surface area contributed by atoms with Crippen molar-refractivity contribution in [3.05, 3.63) is 35.2 Å². The summed E-state index contributed by atoms with van der Waals surface area (Å²) in [7, 11) is 0. The van der Waals surface area contributed by atoms with Crippen LogP contribution < -0.4 is 5.32 Å². The minimum absolute atomic E-state index is 0. The van der Waals surface area contributed by atoms with E-state index in [1.807, 2.05) is 29.2 Å². The molecule has 0 saturated carbocycles. The van der Waals surface area contributed by atoms with Crippen molar-refractivity contribution in [2.24, 2.45) is 5.92 Å². The molecular formula is C20H26Cl2N4O2. The molecule has 0 spiro atoms. The molecule has 8 heteroatoms. The highest BCUT2D eigenvalue weighted by molar-refractivity contribution is 6.30. The van der Waals surface area contributed by atoms with E-state index >= 15 is 0 Å². The molecule has 0 aliphatic carbocycles. The van der Waals surface area contributed by atoms with Gasteiger partial charge in [-0.3, -0.25) is 4.79 Å². The van der Waals surface area contributed by atoms with Crippen LogP contribution in [0.1, 0.15) is 43.9 Å². The highest BCUT2D eigenvalue weighted by atomic mass is 35.5. The van der Waals surface area contributed by atoms with E-state index in [9.17, 15) is 4.79 Å². The van der Waals surface area contributed by atoms with Crippen LogP contribution in [0.3, 0.4) is 0 Å². The van der Waals surface area contributed by atoms with E-state index in [2.05, 4.69) is 15.5 Å². The van der Waals surface area contributed by atoms with Crippen molar-refractivity contribution in [3.63, 3.8) is 0 Å². The largest absolute Gasteiger partial charge is 0.342 e. The van der Waals surface area contributed by atoms with Gasteiger partial charge in [0.05, 0.1) is 5.92 Å². The zero-order chi connectivity index (χ0) is 18.6. The number of nitrogens with zero attached hydrogens (tertiary/aromatic N) is 3. The fourth-order valence-corrected chi connectivity index (χ4v) is 4.10. The number of nitrogens with one attached hydrogen (secondary N) is 1. The van der Waals surface area contributed by atoms with Gasteiger partial charge in [0, 0.05) is 30.1 Å². The Kier molecular flexibility index (Phi) is 7.32. The van der Waals surface area contributed by atoms with E-state index in [0.717, 1.165) is 44.5 Å². The number of hydrogen-bond acceptors (Lipinski definition) is 5. The van der Waals surface area contributed by atoms with Crippen LogP contribution in [-0.4, -0.2) is 47.1 Å². The van der Waals surface area contributed by atoms with Crippen molar-refractivity contribution < 1.29 is 9.32 Å². The van der Waals surface area contributed by atoms with Crippen molar-refractivity contribution >= 4 is 29.9 Å². The van der Waals surface area contributed by atoms with Crippen molar-refractivity contribution in [2.45, 2.75) is 38.0 Å². The van der Waals surface area contributed by atoms with Crippen molar-refractivity contribution in [1.29, 1.82) is 0 Å². The second-order valence-electron chi connectivity index (χ2n) is 7.54. The van der Waals surface area contributed by atoms with E-state index in [0.29, 0.717) is 35.6 Å². The SMILES string of the molecule is Cl.O=C(CCC1CCNC1)N1CCCC(c2nc(-c3ccc(Cl)cc3)no2)C1. The third-order valence-corrected chi connectivity index (χ3v) is 5.85. The fourth-order valence-electron chi connectivity index (χ4n) is 3.97. The first-order valence-corrected chi connectivity index (χ1v) is 10.1. The standard InChI is InChI=1S/C20H25ClN4O2.ClH/c21-17-6-4-15(5-7-17)19-23-20(27-24-19)16-2-1-11-25(13-16)18(26)8-3-14-9-10-22-12-14;/h4-7,14,16,22H,1-3,8-13H2;1H. The molecule has 6 nitrogen and oxygen atoms in total. The van der Waals surface area contributed by atoms with Crippen LogP contribution in [0, 0.1) is 5.92 Å². The number of likely N-dealkylation sites (tertiary alicyclic amines) is 1. The second kappa shape index (κ2) is 9.72. The number of benzene rings is 1. The highest BCUT2D eigenvalue weighted by Gasteiger charge is 2.29. The first kappa shape index (κ1) is 21.1. The second-order valence-corrected chi connectivity index (χ2v) is 7.98. The summed E-state index contributed by atoms with van der Waals surface area (Å²) in [5.74, 6) is 2.21. The molecule has 2 saturated heterocycles. The maximum absolute atomic E-state index is 12.6. The quantitative estimate of drug-likeness (QED) is 0.787. The number of amides is 1. The van der Waals surface area contributed by atoms with Gasteiger partial charge in [-0.05, 0) is 69.0 Å². The monoisotopic (exact) mass is 424 g/mol. The molecule has 0 bridgehead atoms.